The van der Waals surface area contributed by atoms with Gasteiger partial charge in [-0.15, -0.1) is 0 Å². The van der Waals surface area contributed by atoms with Gasteiger partial charge in [0.25, 0.3) is 0 Å². The van der Waals surface area contributed by atoms with Crippen molar-refractivity contribution in [2.45, 2.75) is 25.2 Å². The normalized spacial score (nSPS) is 22.2. The van der Waals surface area contributed by atoms with Gasteiger partial charge in [0.15, 0.2) is 0 Å². The SMILES string of the molecule is Cc1cccc(C2CNCCC2c2ccc(Cl)c(Cl)c2)c1. The van der Waals surface area contributed by atoms with Crippen LogP contribution in [0.2, 0.25) is 10.0 Å². The molecule has 3 rings (SSSR count). The van der Waals surface area contributed by atoms with E-state index in [1.165, 1.54) is 16.7 Å². The average Bonchev–Trinajstić information content (AvgIpc) is 2.50. The van der Waals surface area contributed by atoms with Crippen molar-refractivity contribution in [3.8, 4) is 0 Å². The van der Waals surface area contributed by atoms with Crippen LogP contribution in [0, 0.1) is 6.92 Å². The Morgan fingerprint density at radius 2 is 1.76 bits per heavy atom. The molecule has 1 aliphatic heterocycles. The third-order valence-corrected chi connectivity index (χ3v) is 5.06. The first kappa shape index (κ1) is 14.9. The van der Waals surface area contributed by atoms with Crippen LogP contribution in [0.25, 0.3) is 0 Å². The Balaban J connectivity index is 1.96. The summed E-state index contributed by atoms with van der Waals surface area (Å²) in [4.78, 5) is 0. The van der Waals surface area contributed by atoms with Gasteiger partial charge in [0.2, 0.25) is 0 Å². The zero-order valence-corrected chi connectivity index (χ0v) is 13.6. The van der Waals surface area contributed by atoms with Crippen molar-refractivity contribution in [1.82, 2.24) is 5.32 Å². The van der Waals surface area contributed by atoms with Crippen LogP contribution in [-0.4, -0.2) is 13.1 Å². The van der Waals surface area contributed by atoms with Crippen LogP contribution in [0.1, 0.15) is 34.9 Å². The van der Waals surface area contributed by atoms with Gasteiger partial charge in [-0.05, 0) is 49.1 Å². The summed E-state index contributed by atoms with van der Waals surface area (Å²) < 4.78 is 0. The summed E-state index contributed by atoms with van der Waals surface area (Å²) in [7, 11) is 0. The van der Waals surface area contributed by atoms with Gasteiger partial charge in [0.1, 0.15) is 0 Å². The minimum atomic E-state index is 0.482. The Labute approximate surface area is 136 Å². The zero-order chi connectivity index (χ0) is 14.8. The Morgan fingerprint density at radius 1 is 0.952 bits per heavy atom. The molecule has 1 saturated heterocycles. The molecule has 0 aliphatic carbocycles. The maximum absolute atomic E-state index is 6.20. The van der Waals surface area contributed by atoms with E-state index in [4.69, 9.17) is 23.2 Å². The molecule has 0 spiro atoms. The van der Waals surface area contributed by atoms with Crippen molar-refractivity contribution >= 4 is 23.2 Å². The molecule has 2 aromatic rings. The highest BCUT2D eigenvalue weighted by Crippen LogP contribution is 2.39. The fraction of sp³-hybridized carbons (Fsp3) is 0.333. The molecule has 1 fully saturated rings. The minimum absolute atomic E-state index is 0.482. The summed E-state index contributed by atoms with van der Waals surface area (Å²) in [6.45, 7) is 4.20. The molecule has 1 N–H and O–H groups in total. The highest BCUT2D eigenvalue weighted by molar-refractivity contribution is 6.42. The number of piperidine rings is 1. The Kier molecular flexibility index (Phi) is 4.54. The maximum atomic E-state index is 6.20. The van der Waals surface area contributed by atoms with E-state index in [1.54, 1.807) is 0 Å². The molecule has 0 aromatic heterocycles. The molecular weight excluding hydrogens is 301 g/mol. The molecule has 1 aliphatic rings. The second kappa shape index (κ2) is 6.39. The first-order valence-electron chi connectivity index (χ1n) is 7.37. The van der Waals surface area contributed by atoms with Crippen LogP contribution >= 0.6 is 23.2 Å². The Hall–Kier alpha value is -1.02. The molecule has 110 valence electrons. The van der Waals surface area contributed by atoms with Crippen LogP contribution in [0.3, 0.4) is 0 Å². The predicted octanol–water partition coefficient (Wildman–Crippen LogP) is 5.16. The van der Waals surface area contributed by atoms with Gasteiger partial charge in [-0.1, -0.05) is 59.1 Å². The lowest BCUT2D eigenvalue weighted by Gasteiger charge is -2.33. The molecule has 3 heteroatoms. The van der Waals surface area contributed by atoms with Crippen LogP contribution in [0.4, 0.5) is 0 Å². The van der Waals surface area contributed by atoms with E-state index in [1.807, 2.05) is 12.1 Å². The van der Waals surface area contributed by atoms with Gasteiger partial charge < -0.3 is 5.32 Å². The van der Waals surface area contributed by atoms with Crippen molar-refractivity contribution in [3.05, 3.63) is 69.2 Å². The molecule has 0 amide bonds. The predicted molar refractivity (Wildman–Crippen MR) is 90.6 cm³/mol. The fourth-order valence-corrected chi connectivity index (χ4v) is 3.56. The highest BCUT2D eigenvalue weighted by Gasteiger charge is 2.28. The van der Waals surface area contributed by atoms with Crippen molar-refractivity contribution in [3.63, 3.8) is 0 Å². The number of hydrogen-bond donors (Lipinski definition) is 1. The van der Waals surface area contributed by atoms with Crippen LogP contribution in [0.15, 0.2) is 42.5 Å². The molecule has 2 unspecified atom stereocenters. The van der Waals surface area contributed by atoms with E-state index in [0.29, 0.717) is 21.9 Å². The van der Waals surface area contributed by atoms with E-state index in [0.717, 1.165) is 19.5 Å². The van der Waals surface area contributed by atoms with Gasteiger partial charge in [-0.2, -0.15) is 0 Å². The number of rotatable bonds is 2. The van der Waals surface area contributed by atoms with E-state index in [-0.39, 0.29) is 0 Å². The number of nitrogens with one attached hydrogen (secondary N) is 1. The molecular formula is C18H19Cl2N. The van der Waals surface area contributed by atoms with Crippen molar-refractivity contribution in [1.29, 1.82) is 0 Å². The lowest BCUT2D eigenvalue weighted by molar-refractivity contribution is 0.404. The standard InChI is InChI=1S/C18H19Cl2N/c1-12-3-2-4-13(9-12)16-11-21-8-7-15(16)14-5-6-17(19)18(20)10-14/h2-6,9-10,15-16,21H,7-8,11H2,1H3. The lowest BCUT2D eigenvalue weighted by atomic mass is 9.77. The maximum Gasteiger partial charge on any atom is 0.0595 e. The van der Waals surface area contributed by atoms with Crippen LogP contribution in [-0.2, 0) is 0 Å². The number of hydrogen-bond acceptors (Lipinski definition) is 1. The molecule has 2 atom stereocenters. The summed E-state index contributed by atoms with van der Waals surface area (Å²) >= 11 is 12.3. The topological polar surface area (TPSA) is 12.0 Å². The first-order valence-corrected chi connectivity index (χ1v) is 8.13. The number of halogens is 2. The Morgan fingerprint density at radius 3 is 2.52 bits per heavy atom. The van der Waals surface area contributed by atoms with Crippen molar-refractivity contribution < 1.29 is 0 Å². The quantitative estimate of drug-likeness (QED) is 0.805. The van der Waals surface area contributed by atoms with E-state index in [9.17, 15) is 0 Å². The largest absolute Gasteiger partial charge is 0.316 e. The minimum Gasteiger partial charge on any atom is -0.316 e. The summed E-state index contributed by atoms with van der Waals surface area (Å²) in [5, 5.41) is 4.79. The first-order chi connectivity index (χ1) is 10.1. The fourth-order valence-electron chi connectivity index (χ4n) is 3.25. The number of benzene rings is 2. The van der Waals surface area contributed by atoms with E-state index >= 15 is 0 Å². The van der Waals surface area contributed by atoms with Gasteiger partial charge in [-0.25, -0.2) is 0 Å². The van der Waals surface area contributed by atoms with E-state index < -0.39 is 0 Å². The van der Waals surface area contributed by atoms with Crippen molar-refractivity contribution in [2.24, 2.45) is 0 Å². The second-order valence-electron chi connectivity index (χ2n) is 5.79. The zero-order valence-electron chi connectivity index (χ0n) is 12.1. The summed E-state index contributed by atoms with van der Waals surface area (Å²) in [5.74, 6) is 0.971. The van der Waals surface area contributed by atoms with Gasteiger partial charge >= 0.3 is 0 Å². The molecule has 0 saturated carbocycles. The molecule has 1 heterocycles. The highest BCUT2D eigenvalue weighted by atomic mass is 35.5. The third-order valence-electron chi connectivity index (χ3n) is 4.32. The molecule has 0 bridgehead atoms. The Bertz CT molecular complexity index is 639. The van der Waals surface area contributed by atoms with E-state index in [2.05, 4.69) is 42.6 Å². The summed E-state index contributed by atoms with van der Waals surface area (Å²) in [6, 6.07) is 14.9. The monoisotopic (exact) mass is 319 g/mol. The van der Waals surface area contributed by atoms with Crippen LogP contribution < -0.4 is 5.32 Å². The molecule has 0 radical (unpaired) electrons. The second-order valence-corrected chi connectivity index (χ2v) is 6.61. The van der Waals surface area contributed by atoms with Gasteiger partial charge in [0, 0.05) is 12.5 Å². The third kappa shape index (κ3) is 3.26. The summed E-state index contributed by atoms with van der Waals surface area (Å²) in [6.07, 6.45) is 1.12. The van der Waals surface area contributed by atoms with Crippen molar-refractivity contribution in [2.75, 3.05) is 13.1 Å². The molecule has 2 aromatic carbocycles. The summed E-state index contributed by atoms with van der Waals surface area (Å²) in [5.41, 5.74) is 4.00. The average molecular weight is 320 g/mol. The lowest BCUT2D eigenvalue weighted by Crippen LogP contribution is -2.34. The molecule has 21 heavy (non-hydrogen) atoms. The van der Waals surface area contributed by atoms with Gasteiger partial charge in [-0.3, -0.25) is 0 Å². The van der Waals surface area contributed by atoms with Gasteiger partial charge in [0.05, 0.1) is 10.0 Å². The van der Waals surface area contributed by atoms with Crippen LogP contribution in [0.5, 0.6) is 0 Å². The number of aryl methyl sites for hydroxylation is 1. The smallest absolute Gasteiger partial charge is 0.0595 e. The molecule has 1 nitrogen and oxygen atoms in total.